The maximum Gasteiger partial charge on any atom is 0.295 e. The summed E-state index contributed by atoms with van der Waals surface area (Å²) >= 11 is 0. The first-order chi connectivity index (χ1) is 8.39. The first-order valence-electron chi connectivity index (χ1n) is 5.52. The highest BCUT2D eigenvalue weighted by atomic mass is 32.2. The molecular formula is C13H15NO3S. The Balaban J connectivity index is 2.73. The van der Waals surface area contributed by atoms with Crippen LogP contribution in [0.25, 0.3) is 10.8 Å². The van der Waals surface area contributed by atoms with Gasteiger partial charge in [0, 0.05) is 11.9 Å². The van der Waals surface area contributed by atoms with Gasteiger partial charge in [0.05, 0.1) is 0 Å². The van der Waals surface area contributed by atoms with Crippen LogP contribution in [-0.2, 0) is 16.7 Å². The van der Waals surface area contributed by atoms with Gasteiger partial charge in [-0.05, 0) is 31.1 Å². The molecule has 0 radical (unpaired) electrons. The standard InChI is InChI=1S/C13H15NO3S/c1-14(2)9-10-5-3-7-12-11(10)6-4-8-13(12)18(15,16)17/h3-8H,9H2,1-2H3,(H,15,16,17). The van der Waals surface area contributed by atoms with Crippen LogP contribution < -0.4 is 0 Å². The number of rotatable bonds is 3. The second-order valence-electron chi connectivity index (χ2n) is 4.48. The van der Waals surface area contributed by atoms with E-state index >= 15 is 0 Å². The summed E-state index contributed by atoms with van der Waals surface area (Å²) < 4.78 is 31.9. The van der Waals surface area contributed by atoms with Crippen LogP contribution in [0, 0.1) is 0 Å². The highest BCUT2D eigenvalue weighted by Gasteiger charge is 2.14. The molecule has 0 atom stereocenters. The van der Waals surface area contributed by atoms with Gasteiger partial charge in [-0.1, -0.05) is 30.3 Å². The minimum absolute atomic E-state index is 0.0411. The van der Waals surface area contributed by atoms with E-state index in [4.69, 9.17) is 0 Å². The summed E-state index contributed by atoms with van der Waals surface area (Å²) in [7, 11) is -0.289. The Labute approximate surface area is 107 Å². The number of benzene rings is 2. The Morgan fingerprint density at radius 3 is 2.28 bits per heavy atom. The lowest BCUT2D eigenvalue weighted by Crippen LogP contribution is -2.11. The molecule has 5 heteroatoms. The third-order valence-electron chi connectivity index (χ3n) is 2.74. The van der Waals surface area contributed by atoms with E-state index in [1.807, 2.05) is 31.1 Å². The van der Waals surface area contributed by atoms with Gasteiger partial charge < -0.3 is 4.90 Å². The zero-order valence-electron chi connectivity index (χ0n) is 10.3. The molecule has 0 amide bonds. The zero-order chi connectivity index (χ0) is 13.3. The average molecular weight is 265 g/mol. The predicted octanol–water partition coefficient (Wildman–Crippen LogP) is 2.15. The van der Waals surface area contributed by atoms with E-state index in [9.17, 15) is 13.0 Å². The fourth-order valence-electron chi connectivity index (χ4n) is 2.05. The second kappa shape index (κ2) is 4.68. The molecule has 2 aromatic carbocycles. The van der Waals surface area contributed by atoms with Gasteiger partial charge in [0.2, 0.25) is 0 Å². The minimum atomic E-state index is -4.19. The largest absolute Gasteiger partial charge is 0.305 e. The van der Waals surface area contributed by atoms with Gasteiger partial charge in [0.1, 0.15) is 4.90 Å². The number of hydrogen-bond donors (Lipinski definition) is 1. The average Bonchev–Trinajstić information content (AvgIpc) is 2.26. The summed E-state index contributed by atoms with van der Waals surface area (Å²) in [5.74, 6) is 0. The molecule has 0 bridgehead atoms. The molecule has 96 valence electrons. The summed E-state index contributed by atoms with van der Waals surface area (Å²) in [4.78, 5) is 1.97. The van der Waals surface area contributed by atoms with Crippen LogP contribution >= 0.6 is 0 Å². The number of nitrogens with zero attached hydrogens (tertiary/aromatic N) is 1. The van der Waals surface area contributed by atoms with Gasteiger partial charge in [-0.3, -0.25) is 4.55 Å². The van der Waals surface area contributed by atoms with Crippen LogP contribution in [0.3, 0.4) is 0 Å². The van der Waals surface area contributed by atoms with Gasteiger partial charge in [-0.15, -0.1) is 0 Å². The molecule has 0 saturated heterocycles. The van der Waals surface area contributed by atoms with Crippen molar-refractivity contribution in [2.45, 2.75) is 11.4 Å². The molecule has 0 aliphatic carbocycles. The minimum Gasteiger partial charge on any atom is -0.305 e. The van der Waals surface area contributed by atoms with Crippen molar-refractivity contribution in [2.75, 3.05) is 14.1 Å². The van der Waals surface area contributed by atoms with E-state index in [0.717, 1.165) is 10.9 Å². The lowest BCUT2D eigenvalue weighted by molar-refractivity contribution is 0.404. The molecule has 1 N–H and O–H groups in total. The summed E-state index contributed by atoms with van der Waals surface area (Å²) in [6.45, 7) is 0.715. The van der Waals surface area contributed by atoms with Gasteiger partial charge in [0.15, 0.2) is 0 Å². The maximum absolute atomic E-state index is 11.3. The fraction of sp³-hybridized carbons (Fsp3) is 0.231. The topological polar surface area (TPSA) is 57.6 Å². The van der Waals surface area contributed by atoms with E-state index in [0.29, 0.717) is 11.9 Å². The summed E-state index contributed by atoms with van der Waals surface area (Å²) in [5, 5.41) is 1.40. The molecule has 0 saturated carbocycles. The van der Waals surface area contributed by atoms with Crippen LogP contribution in [0.2, 0.25) is 0 Å². The summed E-state index contributed by atoms with van der Waals surface area (Å²) in [6, 6.07) is 10.4. The van der Waals surface area contributed by atoms with Crippen molar-refractivity contribution in [3.8, 4) is 0 Å². The number of hydrogen-bond acceptors (Lipinski definition) is 3. The normalized spacial score (nSPS) is 12.2. The molecule has 0 aliphatic heterocycles. The Hall–Kier alpha value is -1.43. The van der Waals surface area contributed by atoms with Crippen LogP contribution in [-0.4, -0.2) is 32.0 Å². The predicted molar refractivity (Wildman–Crippen MR) is 71.2 cm³/mol. The van der Waals surface area contributed by atoms with Crippen molar-refractivity contribution in [1.29, 1.82) is 0 Å². The SMILES string of the molecule is CN(C)Cc1cccc2c(S(=O)(=O)O)cccc12. The van der Waals surface area contributed by atoms with E-state index in [2.05, 4.69) is 0 Å². The maximum atomic E-state index is 11.3. The summed E-state index contributed by atoms with van der Waals surface area (Å²) in [5.41, 5.74) is 1.03. The third kappa shape index (κ3) is 2.53. The Morgan fingerprint density at radius 1 is 1.06 bits per heavy atom. The van der Waals surface area contributed by atoms with Crippen LogP contribution in [0.5, 0.6) is 0 Å². The smallest absolute Gasteiger partial charge is 0.295 e. The molecule has 0 aromatic heterocycles. The van der Waals surface area contributed by atoms with E-state index in [1.165, 1.54) is 6.07 Å². The summed E-state index contributed by atoms with van der Waals surface area (Å²) in [6.07, 6.45) is 0. The molecular weight excluding hydrogens is 250 g/mol. The molecule has 0 aliphatic rings. The first kappa shape index (κ1) is 13.0. The molecule has 0 heterocycles. The van der Waals surface area contributed by atoms with Crippen molar-refractivity contribution < 1.29 is 13.0 Å². The third-order valence-corrected chi connectivity index (χ3v) is 3.65. The van der Waals surface area contributed by atoms with Gasteiger partial charge in [-0.25, -0.2) is 0 Å². The molecule has 18 heavy (non-hydrogen) atoms. The highest BCUT2D eigenvalue weighted by molar-refractivity contribution is 7.86. The van der Waals surface area contributed by atoms with E-state index in [1.54, 1.807) is 18.2 Å². The van der Waals surface area contributed by atoms with Crippen LogP contribution in [0.4, 0.5) is 0 Å². The highest BCUT2D eigenvalue weighted by Crippen LogP contribution is 2.26. The monoisotopic (exact) mass is 265 g/mol. The van der Waals surface area contributed by atoms with Gasteiger partial charge >= 0.3 is 0 Å². The quantitative estimate of drug-likeness (QED) is 0.864. The van der Waals surface area contributed by atoms with Crippen molar-refractivity contribution in [2.24, 2.45) is 0 Å². The molecule has 4 nitrogen and oxygen atoms in total. The van der Waals surface area contributed by atoms with Crippen molar-refractivity contribution >= 4 is 20.9 Å². The van der Waals surface area contributed by atoms with Crippen molar-refractivity contribution in [3.63, 3.8) is 0 Å². The zero-order valence-corrected chi connectivity index (χ0v) is 11.1. The Kier molecular flexibility index (Phi) is 3.38. The van der Waals surface area contributed by atoms with Gasteiger partial charge in [0.25, 0.3) is 10.1 Å². The second-order valence-corrected chi connectivity index (χ2v) is 5.87. The van der Waals surface area contributed by atoms with Crippen LogP contribution in [0.1, 0.15) is 5.56 Å². The molecule has 0 spiro atoms. The Bertz CT molecular complexity index is 678. The molecule has 2 aromatic rings. The lowest BCUT2D eigenvalue weighted by atomic mass is 10.0. The first-order valence-corrected chi connectivity index (χ1v) is 6.96. The lowest BCUT2D eigenvalue weighted by Gasteiger charge is -2.13. The Morgan fingerprint density at radius 2 is 1.67 bits per heavy atom. The van der Waals surface area contributed by atoms with E-state index < -0.39 is 10.1 Å². The van der Waals surface area contributed by atoms with Gasteiger partial charge in [-0.2, -0.15) is 8.42 Å². The van der Waals surface area contributed by atoms with E-state index in [-0.39, 0.29) is 4.90 Å². The van der Waals surface area contributed by atoms with Crippen LogP contribution in [0.15, 0.2) is 41.3 Å². The van der Waals surface area contributed by atoms with Crippen molar-refractivity contribution in [3.05, 3.63) is 42.0 Å². The molecule has 0 unspecified atom stereocenters. The van der Waals surface area contributed by atoms with Crippen molar-refractivity contribution in [1.82, 2.24) is 4.90 Å². The molecule has 0 fully saturated rings. The molecule has 2 rings (SSSR count). The fourth-order valence-corrected chi connectivity index (χ4v) is 2.76. The number of fused-ring (bicyclic) bond motifs is 1.